The molecule has 1 aromatic rings. The molecule has 0 amide bonds. The monoisotopic (exact) mass is 237 g/mol. The molecular weight excluding hydrogens is 218 g/mol. The molecule has 88 valence electrons. The van der Waals surface area contributed by atoms with Crippen LogP contribution in [0.15, 0.2) is 5.38 Å². The van der Waals surface area contributed by atoms with Gasteiger partial charge in [-0.2, -0.15) is 0 Å². The van der Waals surface area contributed by atoms with Crippen LogP contribution in [0.5, 0.6) is 0 Å². The Morgan fingerprint density at radius 2 is 2.31 bits per heavy atom. The quantitative estimate of drug-likeness (QED) is 0.865. The van der Waals surface area contributed by atoms with E-state index in [0.29, 0.717) is 0 Å². The zero-order valence-corrected chi connectivity index (χ0v) is 10.6. The van der Waals surface area contributed by atoms with Crippen LogP contribution >= 0.6 is 11.3 Å². The van der Waals surface area contributed by atoms with Crippen molar-refractivity contribution < 1.29 is 0 Å². The van der Waals surface area contributed by atoms with Gasteiger partial charge in [0, 0.05) is 36.2 Å². The number of thiazole rings is 1. The van der Waals surface area contributed by atoms with E-state index in [1.807, 2.05) is 0 Å². The van der Waals surface area contributed by atoms with Crippen LogP contribution in [0, 0.1) is 6.92 Å². The van der Waals surface area contributed by atoms with Crippen LogP contribution in [0.2, 0.25) is 0 Å². The molecule has 1 saturated carbocycles. The lowest BCUT2D eigenvalue weighted by Gasteiger charge is -2.15. The second-order valence-corrected chi connectivity index (χ2v) is 5.99. The summed E-state index contributed by atoms with van der Waals surface area (Å²) in [6, 6.07) is 1.57. The smallest absolute Gasteiger partial charge is 0.107 e. The maximum absolute atomic E-state index is 4.53. The van der Waals surface area contributed by atoms with Gasteiger partial charge in [-0.25, -0.2) is 4.98 Å². The van der Waals surface area contributed by atoms with Gasteiger partial charge in [0.15, 0.2) is 0 Å². The maximum Gasteiger partial charge on any atom is 0.107 e. The molecule has 0 bridgehead atoms. The Balaban J connectivity index is 1.49. The number of hydrogen-bond acceptors (Lipinski definition) is 4. The third-order valence-electron chi connectivity index (χ3n) is 3.35. The summed E-state index contributed by atoms with van der Waals surface area (Å²) in [7, 11) is 0. The first-order valence-corrected chi connectivity index (χ1v) is 7.07. The lowest BCUT2D eigenvalue weighted by molar-refractivity contribution is 0.319. The Hall–Kier alpha value is -0.450. The fourth-order valence-corrected chi connectivity index (χ4v) is 3.18. The molecule has 0 aromatic carbocycles. The number of hydrogen-bond donors (Lipinski definition) is 1. The Labute approximate surface area is 101 Å². The van der Waals surface area contributed by atoms with Crippen molar-refractivity contribution in [3.05, 3.63) is 16.1 Å². The highest BCUT2D eigenvalue weighted by atomic mass is 32.1. The van der Waals surface area contributed by atoms with E-state index in [9.17, 15) is 0 Å². The van der Waals surface area contributed by atoms with Gasteiger partial charge in [-0.05, 0) is 26.2 Å². The van der Waals surface area contributed by atoms with Crippen molar-refractivity contribution in [1.82, 2.24) is 15.2 Å². The summed E-state index contributed by atoms with van der Waals surface area (Å²) in [5, 5.41) is 7.13. The molecule has 2 aliphatic rings. The van der Waals surface area contributed by atoms with Crippen molar-refractivity contribution in [3.63, 3.8) is 0 Å². The summed E-state index contributed by atoms with van der Waals surface area (Å²) in [6.45, 7) is 5.54. The number of aromatic nitrogens is 1. The molecule has 1 atom stereocenters. The van der Waals surface area contributed by atoms with Crippen molar-refractivity contribution in [2.24, 2.45) is 0 Å². The van der Waals surface area contributed by atoms with Crippen molar-refractivity contribution in [1.29, 1.82) is 0 Å². The minimum atomic E-state index is 0.730. The minimum Gasteiger partial charge on any atom is -0.310 e. The second kappa shape index (κ2) is 4.43. The van der Waals surface area contributed by atoms with Crippen LogP contribution in [0.25, 0.3) is 0 Å². The van der Waals surface area contributed by atoms with Gasteiger partial charge < -0.3 is 5.32 Å². The third-order valence-corrected chi connectivity index (χ3v) is 4.30. The first kappa shape index (κ1) is 10.7. The first-order valence-electron chi connectivity index (χ1n) is 6.19. The topological polar surface area (TPSA) is 28.2 Å². The van der Waals surface area contributed by atoms with Crippen molar-refractivity contribution in [3.8, 4) is 0 Å². The van der Waals surface area contributed by atoms with E-state index >= 15 is 0 Å². The highest BCUT2D eigenvalue weighted by Crippen LogP contribution is 2.23. The lowest BCUT2D eigenvalue weighted by atomic mass is 10.2. The molecule has 2 heterocycles. The molecule has 1 N–H and O–H groups in total. The number of nitrogens with zero attached hydrogens (tertiary/aromatic N) is 2. The van der Waals surface area contributed by atoms with E-state index in [0.717, 1.165) is 24.3 Å². The van der Waals surface area contributed by atoms with Crippen LogP contribution in [0.1, 0.15) is 30.0 Å². The molecule has 1 aliphatic carbocycles. The molecule has 16 heavy (non-hydrogen) atoms. The number of nitrogens with one attached hydrogen (secondary N) is 1. The third kappa shape index (κ3) is 2.62. The van der Waals surface area contributed by atoms with E-state index in [2.05, 4.69) is 27.5 Å². The predicted octanol–water partition coefficient (Wildman–Crippen LogP) is 1.78. The lowest BCUT2D eigenvalue weighted by Crippen LogP contribution is -2.33. The van der Waals surface area contributed by atoms with Gasteiger partial charge in [0.05, 0.1) is 6.54 Å². The standard InChI is InChI=1S/C12H19N3S/c1-9-8-16-12(13-9)7-15-5-4-11(6-15)14-10-2-3-10/h8,10-11,14H,2-7H2,1H3. The summed E-state index contributed by atoms with van der Waals surface area (Å²) in [5.74, 6) is 0. The zero-order chi connectivity index (χ0) is 11.0. The Morgan fingerprint density at radius 1 is 1.44 bits per heavy atom. The molecule has 1 aliphatic heterocycles. The van der Waals surface area contributed by atoms with Gasteiger partial charge in [0.1, 0.15) is 5.01 Å². The van der Waals surface area contributed by atoms with Gasteiger partial charge in [-0.3, -0.25) is 4.90 Å². The molecule has 0 spiro atoms. The fraction of sp³-hybridized carbons (Fsp3) is 0.750. The Kier molecular flexibility index (Phi) is 2.96. The Bertz CT molecular complexity index is 359. The summed E-state index contributed by atoms with van der Waals surface area (Å²) >= 11 is 1.79. The van der Waals surface area contributed by atoms with Crippen LogP contribution in [0.3, 0.4) is 0 Å². The van der Waals surface area contributed by atoms with Crippen molar-refractivity contribution in [2.45, 2.75) is 44.8 Å². The highest BCUT2D eigenvalue weighted by molar-refractivity contribution is 7.09. The SMILES string of the molecule is Cc1csc(CN2CCC(NC3CC3)C2)n1. The van der Waals surface area contributed by atoms with Gasteiger partial charge in [0.25, 0.3) is 0 Å². The summed E-state index contributed by atoms with van der Waals surface area (Å²) in [5.41, 5.74) is 1.16. The minimum absolute atomic E-state index is 0.730. The van der Waals surface area contributed by atoms with Gasteiger partial charge in [-0.1, -0.05) is 0 Å². The summed E-state index contributed by atoms with van der Waals surface area (Å²) < 4.78 is 0. The van der Waals surface area contributed by atoms with Crippen LogP contribution in [0.4, 0.5) is 0 Å². The van der Waals surface area contributed by atoms with Crippen molar-refractivity contribution >= 4 is 11.3 Å². The number of rotatable bonds is 4. The molecule has 0 radical (unpaired) electrons. The molecule has 1 saturated heterocycles. The molecule has 3 rings (SSSR count). The average Bonchev–Trinajstić information content (AvgIpc) is 2.80. The molecule has 1 unspecified atom stereocenters. The first-order chi connectivity index (χ1) is 7.79. The molecule has 2 fully saturated rings. The maximum atomic E-state index is 4.53. The van der Waals surface area contributed by atoms with Gasteiger partial charge >= 0.3 is 0 Å². The highest BCUT2D eigenvalue weighted by Gasteiger charge is 2.29. The van der Waals surface area contributed by atoms with Gasteiger partial charge in [0.2, 0.25) is 0 Å². The van der Waals surface area contributed by atoms with Crippen molar-refractivity contribution in [2.75, 3.05) is 13.1 Å². The molecule has 1 aromatic heterocycles. The average molecular weight is 237 g/mol. The molecule has 3 nitrogen and oxygen atoms in total. The van der Waals surface area contributed by atoms with E-state index < -0.39 is 0 Å². The number of likely N-dealkylation sites (tertiary alicyclic amines) is 1. The van der Waals surface area contributed by atoms with E-state index in [1.165, 1.54) is 37.4 Å². The van der Waals surface area contributed by atoms with Crippen LogP contribution in [-0.4, -0.2) is 35.1 Å². The van der Waals surface area contributed by atoms with E-state index in [1.54, 1.807) is 11.3 Å². The molecular formula is C12H19N3S. The zero-order valence-electron chi connectivity index (χ0n) is 9.78. The van der Waals surface area contributed by atoms with E-state index in [4.69, 9.17) is 0 Å². The Morgan fingerprint density at radius 3 is 3.00 bits per heavy atom. The summed E-state index contributed by atoms with van der Waals surface area (Å²) in [6.07, 6.45) is 4.09. The number of aryl methyl sites for hydroxylation is 1. The van der Waals surface area contributed by atoms with Crippen LogP contribution < -0.4 is 5.32 Å². The second-order valence-electron chi connectivity index (χ2n) is 5.04. The summed E-state index contributed by atoms with van der Waals surface area (Å²) in [4.78, 5) is 7.06. The van der Waals surface area contributed by atoms with E-state index in [-0.39, 0.29) is 0 Å². The van der Waals surface area contributed by atoms with Crippen LogP contribution in [-0.2, 0) is 6.54 Å². The molecule has 4 heteroatoms. The largest absolute Gasteiger partial charge is 0.310 e. The van der Waals surface area contributed by atoms with Gasteiger partial charge in [-0.15, -0.1) is 11.3 Å². The fourth-order valence-electron chi connectivity index (χ4n) is 2.36. The normalized spacial score (nSPS) is 26.4. The predicted molar refractivity (Wildman–Crippen MR) is 66.7 cm³/mol.